The zero-order chi connectivity index (χ0) is 26.3. The molecule has 1 aliphatic carbocycles. The summed E-state index contributed by atoms with van der Waals surface area (Å²) in [6.07, 6.45) is 4.76. The van der Waals surface area contributed by atoms with E-state index in [1.54, 1.807) is 12.0 Å². The quantitative estimate of drug-likeness (QED) is 0.388. The highest BCUT2D eigenvalue weighted by atomic mass is 79.9. The predicted octanol–water partition coefficient (Wildman–Crippen LogP) is 6.00. The van der Waals surface area contributed by atoms with E-state index in [-0.39, 0.29) is 29.9 Å². The number of methoxy groups -OCH3 is 1. The van der Waals surface area contributed by atoms with Crippen molar-refractivity contribution in [3.63, 3.8) is 0 Å². The molecule has 2 amide bonds. The number of carbonyl (C=O) groups excluding carboxylic acids is 2. The van der Waals surface area contributed by atoms with Crippen LogP contribution in [0.3, 0.4) is 0 Å². The fraction of sp³-hybridized carbons (Fsp3) is 0.517. The molecule has 6 nitrogen and oxygen atoms in total. The summed E-state index contributed by atoms with van der Waals surface area (Å²) in [5.41, 5.74) is 2.07. The third kappa shape index (κ3) is 7.48. The number of benzene rings is 2. The monoisotopic (exact) mass is 558 g/mol. The van der Waals surface area contributed by atoms with E-state index < -0.39 is 6.04 Å². The smallest absolute Gasteiger partial charge is 0.261 e. The van der Waals surface area contributed by atoms with Crippen molar-refractivity contribution in [3.05, 3.63) is 58.1 Å². The normalized spacial score (nSPS) is 14.8. The Hall–Kier alpha value is -2.54. The number of ether oxygens (including phenoxy) is 2. The van der Waals surface area contributed by atoms with Crippen LogP contribution in [-0.4, -0.2) is 42.5 Å². The van der Waals surface area contributed by atoms with Crippen LogP contribution in [0.1, 0.15) is 70.9 Å². The minimum atomic E-state index is -0.584. The molecular formula is C29H39BrN2O4. The van der Waals surface area contributed by atoms with Gasteiger partial charge in [0.15, 0.2) is 6.61 Å². The number of nitrogens with zero attached hydrogens (tertiary/aromatic N) is 1. The molecule has 196 valence electrons. The molecule has 0 saturated heterocycles. The van der Waals surface area contributed by atoms with E-state index >= 15 is 0 Å². The number of halogens is 1. The van der Waals surface area contributed by atoms with E-state index in [1.165, 1.54) is 5.56 Å². The molecule has 3 rings (SSSR count). The van der Waals surface area contributed by atoms with Crippen LogP contribution in [-0.2, 0) is 21.5 Å². The minimum Gasteiger partial charge on any atom is -0.497 e. The average molecular weight is 560 g/mol. The number of nitrogens with one attached hydrogen (secondary N) is 1. The molecule has 0 aliphatic heterocycles. The predicted molar refractivity (Wildman–Crippen MR) is 146 cm³/mol. The summed E-state index contributed by atoms with van der Waals surface area (Å²) in [6.45, 7) is 8.52. The molecule has 36 heavy (non-hydrogen) atoms. The Morgan fingerprint density at radius 2 is 1.86 bits per heavy atom. The van der Waals surface area contributed by atoms with Gasteiger partial charge in [-0.15, -0.1) is 0 Å². The average Bonchev–Trinajstić information content (AvgIpc) is 3.35. The van der Waals surface area contributed by atoms with Crippen molar-refractivity contribution in [2.24, 2.45) is 0 Å². The summed E-state index contributed by atoms with van der Waals surface area (Å²) in [4.78, 5) is 28.4. The Morgan fingerprint density at radius 3 is 2.47 bits per heavy atom. The van der Waals surface area contributed by atoms with Crippen molar-refractivity contribution in [1.29, 1.82) is 0 Å². The maximum atomic E-state index is 13.5. The van der Waals surface area contributed by atoms with Gasteiger partial charge >= 0.3 is 0 Å². The maximum absolute atomic E-state index is 13.5. The van der Waals surface area contributed by atoms with E-state index in [0.29, 0.717) is 24.5 Å². The lowest BCUT2D eigenvalue weighted by atomic mass is 9.87. The molecule has 2 aromatic rings. The third-order valence-electron chi connectivity index (χ3n) is 6.72. The van der Waals surface area contributed by atoms with E-state index in [1.807, 2.05) is 49.4 Å². The number of rotatable bonds is 10. The fourth-order valence-corrected chi connectivity index (χ4v) is 5.05. The van der Waals surface area contributed by atoms with Gasteiger partial charge in [0.1, 0.15) is 17.5 Å². The summed E-state index contributed by atoms with van der Waals surface area (Å²) in [5, 5.41) is 3.17. The van der Waals surface area contributed by atoms with Gasteiger partial charge in [0, 0.05) is 12.6 Å². The van der Waals surface area contributed by atoms with Crippen LogP contribution in [0.15, 0.2) is 46.9 Å². The first-order chi connectivity index (χ1) is 17.1. The van der Waals surface area contributed by atoms with Gasteiger partial charge < -0.3 is 19.7 Å². The topological polar surface area (TPSA) is 67.9 Å². The van der Waals surface area contributed by atoms with Crippen LogP contribution in [0.2, 0.25) is 0 Å². The Morgan fingerprint density at radius 1 is 1.14 bits per heavy atom. The van der Waals surface area contributed by atoms with Gasteiger partial charge in [0.2, 0.25) is 5.91 Å². The molecule has 1 atom stereocenters. The second-order valence-corrected chi connectivity index (χ2v) is 11.3. The summed E-state index contributed by atoms with van der Waals surface area (Å²) in [7, 11) is 1.61. The molecule has 0 radical (unpaired) electrons. The molecule has 7 heteroatoms. The first-order valence-electron chi connectivity index (χ1n) is 12.8. The zero-order valence-corrected chi connectivity index (χ0v) is 23.7. The molecule has 0 bridgehead atoms. The fourth-order valence-electron chi connectivity index (χ4n) is 4.56. The van der Waals surface area contributed by atoms with Crippen molar-refractivity contribution >= 4 is 27.7 Å². The van der Waals surface area contributed by atoms with Crippen molar-refractivity contribution in [1.82, 2.24) is 10.2 Å². The molecule has 1 N–H and O–H groups in total. The highest BCUT2D eigenvalue weighted by Gasteiger charge is 2.31. The van der Waals surface area contributed by atoms with Gasteiger partial charge in [-0.2, -0.15) is 0 Å². The highest BCUT2D eigenvalue weighted by Crippen LogP contribution is 2.31. The van der Waals surface area contributed by atoms with Crippen molar-refractivity contribution in [2.45, 2.75) is 83.8 Å². The molecule has 0 heterocycles. The molecule has 0 aromatic heterocycles. The lowest BCUT2D eigenvalue weighted by molar-refractivity contribution is -0.143. The van der Waals surface area contributed by atoms with Crippen molar-refractivity contribution in [2.75, 3.05) is 13.7 Å². The van der Waals surface area contributed by atoms with Crippen LogP contribution in [0.25, 0.3) is 0 Å². The molecule has 1 aliphatic rings. The van der Waals surface area contributed by atoms with Gasteiger partial charge in [-0.3, -0.25) is 9.59 Å². The van der Waals surface area contributed by atoms with Gasteiger partial charge in [0.05, 0.1) is 11.6 Å². The van der Waals surface area contributed by atoms with Gasteiger partial charge in [-0.05, 0) is 76.0 Å². The first kappa shape index (κ1) is 28.0. The number of carbonyl (C=O) groups is 2. The van der Waals surface area contributed by atoms with E-state index in [4.69, 9.17) is 9.47 Å². The highest BCUT2D eigenvalue weighted by molar-refractivity contribution is 9.10. The van der Waals surface area contributed by atoms with Crippen LogP contribution in [0.4, 0.5) is 0 Å². The van der Waals surface area contributed by atoms with Crippen molar-refractivity contribution < 1.29 is 19.1 Å². The Labute approximate surface area is 223 Å². The van der Waals surface area contributed by atoms with Crippen LogP contribution < -0.4 is 14.8 Å². The van der Waals surface area contributed by atoms with Crippen LogP contribution in [0, 0.1) is 0 Å². The van der Waals surface area contributed by atoms with E-state index in [2.05, 4.69) is 42.0 Å². The molecular weight excluding hydrogens is 520 g/mol. The minimum absolute atomic E-state index is 0.00539. The van der Waals surface area contributed by atoms with Crippen molar-refractivity contribution in [3.8, 4) is 11.5 Å². The molecule has 1 unspecified atom stereocenters. The summed E-state index contributed by atoms with van der Waals surface area (Å²) >= 11 is 3.58. The summed E-state index contributed by atoms with van der Waals surface area (Å²) in [5.74, 6) is 0.970. The van der Waals surface area contributed by atoms with Crippen LogP contribution in [0.5, 0.6) is 11.5 Å². The van der Waals surface area contributed by atoms with Crippen LogP contribution >= 0.6 is 15.9 Å². The third-order valence-corrected chi connectivity index (χ3v) is 7.34. The summed E-state index contributed by atoms with van der Waals surface area (Å²) < 4.78 is 12.1. The van der Waals surface area contributed by atoms with E-state index in [9.17, 15) is 9.59 Å². The second-order valence-electron chi connectivity index (χ2n) is 10.5. The molecule has 1 fully saturated rings. The number of hydrogen-bond acceptors (Lipinski definition) is 4. The van der Waals surface area contributed by atoms with Gasteiger partial charge in [-0.1, -0.05) is 58.7 Å². The Bertz CT molecular complexity index is 1040. The number of amides is 2. The second kappa shape index (κ2) is 12.6. The lowest BCUT2D eigenvalue weighted by Gasteiger charge is -2.31. The van der Waals surface area contributed by atoms with Gasteiger partial charge in [-0.25, -0.2) is 0 Å². The standard InChI is InChI=1S/C29H39BrN2O4/c1-6-25(28(34)31-22-11-7-8-12-22)32(18-20-10-9-13-23(16-20)35-5)27(33)19-36-26-15-14-21(17-24(26)30)29(2,3)4/h9-10,13-17,22,25H,6-8,11-12,18-19H2,1-5H3,(H,31,34). The molecule has 2 aromatic carbocycles. The first-order valence-corrected chi connectivity index (χ1v) is 13.6. The zero-order valence-electron chi connectivity index (χ0n) is 22.1. The molecule has 0 spiro atoms. The van der Waals surface area contributed by atoms with Gasteiger partial charge in [0.25, 0.3) is 5.91 Å². The Balaban J connectivity index is 1.79. The number of hydrogen-bond donors (Lipinski definition) is 1. The molecule has 1 saturated carbocycles. The SMILES string of the molecule is CCC(C(=O)NC1CCCC1)N(Cc1cccc(OC)c1)C(=O)COc1ccc(C(C)(C)C)cc1Br. The Kier molecular flexibility index (Phi) is 9.83. The lowest BCUT2D eigenvalue weighted by Crippen LogP contribution is -2.52. The summed E-state index contributed by atoms with van der Waals surface area (Å²) in [6, 6.07) is 13.1. The van der Waals surface area contributed by atoms with E-state index in [0.717, 1.165) is 35.7 Å². The maximum Gasteiger partial charge on any atom is 0.261 e. The largest absolute Gasteiger partial charge is 0.497 e.